The highest BCUT2D eigenvalue weighted by Gasteiger charge is 2.12. The Hall–Kier alpha value is -2.51. The molecule has 5 nitrogen and oxygen atoms in total. The lowest BCUT2D eigenvalue weighted by atomic mass is 10.1. The highest BCUT2D eigenvalue weighted by Crippen LogP contribution is 2.19. The van der Waals surface area contributed by atoms with E-state index in [4.69, 9.17) is 17.0 Å². The van der Waals surface area contributed by atoms with Crippen molar-refractivity contribution in [2.24, 2.45) is 0 Å². The number of aromatic nitrogens is 3. The normalized spacial score (nSPS) is 12.3. The van der Waals surface area contributed by atoms with Crippen molar-refractivity contribution in [1.82, 2.24) is 19.2 Å². The molecule has 0 bridgehead atoms. The van der Waals surface area contributed by atoms with Gasteiger partial charge in [0.1, 0.15) is 6.33 Å². The number of rotatable bonds is 7. The van der Waals surface area contributed by atoms with Crippen molar-refractivity contribution in [3.8, 4) is 5.75 Å². The maximum atomic E-state index is 13.9. The third-order valence-electron chi connectivity index (χ3n) is 4.50. The van der Waals surface area contributed by atoms with Gasteiger partial charge in [0.25, 0.3) is 0 Å². The van der Waals surface area contributed by atoms with Crippen molar-refractivity contribution in [2.45, 2.75) is 26.2 Å². The van der Waals surface area contributed by atoms with Crippen LogP contribution < -0.4 is 4.74 Å². The summed E-state index contributed by atoms with van der Waals surface area (Å²) in [7, 11) is 3.41. The zero-order valence-corrected chi connectivity index (χ0v) is 16.5. The summed E-state index contributed by atoms with van der Waals surface area (Å²) < 4.78 is 23.2. The molecule has 142 valence electrons. The summed E-state index contributed by atoms with van der Waals surface area (Å²) >= 11 is 5.60. The average Bonchev–Trinajstić information content (AvgIpc) is 3.02. The SMILES string of the molecule is COc1ccc(CN(C)Cn2ncn([C@@H](C)c3ccccc3)c2=S)cc1F. The summed E-state index contributed by atoms with van der Waals surface area (Å²) in [5.41, 5.74) is 2.04. The van der Waals surface area contributed by atoms with Crippen LogP contribution in [0.3, 0.4) is 0 Å². The third kappa shape index (κ3) is 4.43. The first kappa shape index (κ1) is 19.3. The minimum atomic E-state index is -0.360. The van der Waals surface area contributed by atoms with E-state index >= 15 is 0 Å². The Labute approximate surface area is 163 Å². The molecule has 7 heteroatoms. The Morgan fingerprint density at radius 1 is 1.22 bits per heavy atom. The minimum Gasteiger partial charge on any atom is -0.494 e. The molecule has 3 aromatic rings. The Morgan fingerprint density at radius 3 is 2.63 bits per heavy atom. The van der Waals surface area contributed by atoms with Crippen LogP contribution in [0.5, 0.6) is 5.75 Å². The lowest BCUT2D eigenvalue weighted by molar-refractivity contribution is 0.243. The summed E-state index contributed by atoms with van der Waals surface area (Å²) in [6.07, 6.45) is 1.76. The summed E-state index contributed by atoms with van der Waals surface area (Å²) in [4.78, 5) is 2.03. The zero-order chi connectivity index (χ0) is 19.4. The second-order valence-electron chi connectivity index (χ2n) is 6.53. The largest absolute Gasteiger partial charge is 0.494 e. The molecule has 0 radical (unpaired) electrons. The fraction of sp³-hybridized carbons (Fsp3) is 0.300. The van der Waals surface area contributed by atoms with Gasteiger partial charge in [0.2, 0.25) is 0 Å². The van der Waals surface area contributed by atoms with Gasteiger partial charge in [-0.3, -0.25) is 9.47 Å². The van der Waals surface area contributed by atoms with E-state index in [0.717, 1.165) is 5.56 Å². The smallest absolute Gasteiger partial charge is 0.199 e. The van der Waals surface area contributed by atoms with Crippen molar-refractivity contribution in [1.29, 1.82) is 0 Å². The average molecular weight is 386 g/mol. The Kier molecular flexibility index (Phi) is 6.03. The van der Waals surface area contributed by atoms with Crippen LogP contribution in [0.1, 0.15) is 24.1 Å². The van der Waals surface area contributed by atoms with Crippen LogP contribution in [0.2, 0.25) is 0 Å². The molecule has 0 N–H and O–H groups in total. The van der Waals surface area contributed by atoms with Crippen LogP contribution >= 0.6 is 12.2 Å². The van der Waals surface area contributed by atoms with Crippen molar-refractivity contribution >= 4 is 12.2 Å². The number of nitrogens with zero attached hydrogens (tertiary/aromatic N) is 4. The molecule has 2 aromatic carbocycles. The molecule has 0 amide bonds. The monoisotopic (exact) mass is 386 g/mol. The van der Waals surface area contributed by atoms with Gasteiger partial charge in [-0.25, -0.2) is 9.07 Å². The van der Waals surface area contributed by atoms with E-state index in [1.165, 1.54) is 18.7 Å². The number of benzene rings is 2. The Balaban J connectivity index is 1.70. The van der Waals surface area contributed by atoms with Crippen LogP contribution in [0.25, 0.3) is 0 Å². The van der Waals surface area contributed by atoms with Gasteiger partial charge in [0.15, 0.2) is 16.3 Å². The van der Waals surface area contributed by atoms with E-state index < -0.39 is 0 Å². The fourth-order valence-electron chi connectivity index (χ4n) is 3.00. The molecule has 0 saturated carbocycles. The van der Waals surface area contributed by atoms with Crippen molar-refractivity contribution in [3.05, 3.63) is 76.6 Å². The van der Waals surface area contributed by atoms with Gasteiger partial charge in [-0.2, -0.15) is 5.10 Å². The summed E-state index contributed by atoms with van der Waals surface area (Å²) in [6, 6.07) is 15.3. The zero-order valence-electron chi connectivity index (χ0n) is 15.7. The van der Waals surface area contributed by atoms with Gasteiger partial charge in [-0.15, -0.1) is 0 Å². The predicted octanol–water partition coefficient (Wildman–Crippen LogP) is 4.26. The molecule has 0 fully saturated rings. The van der Waals surface area contributed by atoms with Crippen LogP contribution in [-0.2, 0) is 13.2 Å². The first-order chi connectivity index (χ1) is 13.0. The van der Waals surface area contributed by atoms with E-state index in [9.17, 15) is 4.39 Å². The van der Waals surface area contributed by atoms with E-state index in [-0.39, 0.29) is 17.6 Å². The van der Waals surface area contributed by atoms with Crippen LogP contribution in [0.15, 0.2) is 54.9 Å². The predicted molar refractivity (Wildman–Crippen MR) is 106 cm³/mol. The van der Waals surface area contributed by atoms with Gasteiger partial charge in [0.05, 0.1) is 19.8 Å². The summed E-state index contributed by atoms with van der Waals surface area (Å²) in [5.74, 6) is -0.113. The van der Waals surface area contributed by atoms with E-state index in [1.54, 1.807) is 17.1 Å². The maximum Gasteiger partial charge on any atom is 0.199 e. The van der Waals surface area contributed by atoms with Crippen LogP contribution in [0, 0.1) is 10.6 Å². The molecule has 1 atom stereocenters. The van der Waals surface area contributed by atoms with Gasteiger partial charge >= 0.3 is 0 Å². The lowest BCUT2D eigenvalue weighted by Gasteiger charge is -2.17. The molecule has 0 aliphatic carbocycles. The molecule has 27 heavy (non-hydrogen) atoms. The Bertz CT molecular complexity index is 954. The first-order valence-electron chi connectivity index (χ1n) is 8.69. The third-order valence-corrected chi connectivity index (χ3v) is 4.92. The topological polar surface area (TPSA) is 35.2 Å². The van der Waals surface area contributed by atoms with Crippen molar-refractivity contribution in [3.63, 3.8) is 0 Å². The van der Waals surface area contributed by atoms with E-state index in [0.29, 0.717) is 18.0 Å². The van der Waals surface area contributed by atoms with Crippen molar-refractivity contribution < 1.29 is 9.13 Å². The second-order valence-corrected chi connectivity index (χ2v) is 6.90. The van der Waals surface area contributed by atoms with Crippen LogP contribution in [-0.4, -0.2) is 33.4 Å². The fourth-order valence-corrected chi connectivity index (χ4v) is 3.31. The molecule has 0 spiro atoms. The Morgan fingerprint density at radius 2 is 1.96 bits per heavy atom. The standard InChI is InChI=1S/C20H23FN4OS/c1-15(17-7-5-4-6-8-17)24-13-22-25(20(24)27)14-23(2)12-16-9-10-19(26-3)18(21)11-16/h4-11,13,15H,12,14H2,1-3H3/t15-/m0/s1. The van der Waals surface area contributed by atoms with Gasteiger partial charge in [0, 0.05) is 6.54 Å². The molecule has 0 aliphatic rings. The second kappa shape index (κ2) is 8.45. The molecule has 0 saturated heterocycles. The first-order valence-corrected chi connectivity index (χ1v) is 9.10. The van der Waals surface area contributed by atoms with E-state index in [2.05, 4.69) is 24.2 Å². The number of hydrogen-bond donors (Lipinski definition) is 0. The highest BCUT2D eigenvalue weighted by atomic mass is 32.1. The molecular formula is C20H23FN4OS. The molecular weight excluding hydrogens is 363 g/mol. The number of hydrogen-bond acceptors (Lipinski definition) is 4. The summed E-state index contributed by atoms with van der Waals surface area (Å²) in [6.45, 7) is 3.19. The molecule has 0 aliphatic heterocycles. The lowest BCUT2D eigenvalue weighted by Crippen LogP contribution is -2.23. The van der Waals surface area contributed by atoms with Gasteiger partial charge in [-0.1, -0.05) is 36.4 Å². The summed E-state index contributed by atoms with van der Waals surface area (Å²) in [5, 5.41) is 4.43. The highest BCUT2D eigenvalue weighted by molar-refractivity contribution is 7.71. The van der Waals surface area contributed by atoms with Crippen molar-refractivity contribution in [2.75, 3.05) is 14.2 Å². The van der Waals surface area contributed by atoms with Crippen LogP contribution in [0.4, 0.5) is 4.39 Å². The molecule has 1 aromatic heterocycles. The minimum absolute atomic E-state index is 0.105. The quantitative estimate of drug-likeness (QED) is 0.569. The molecule has 0 unspecified atom stereocenters. The molecule has 3 rings (SSSR count). The van der Waals surface area contributed by atoms with E-state index in [1.807, 2.05) is 40.8 Å². The number of halogens is 1. The number of ether oxygens (including phenoxy) is 1. The number of methoxy groups -OCH3 is 1. The van der Waals surface area contributed by atoms with Gasteiger partial charge in [-0.05, 0) is 49.4 Å². The maximum absolute atomic E-state index is 13.9. The van der Waals surface area contributed by atoms with Gasteiger partial charge < -0.3 is 4.74 Å². The molecule has 1 heterocycles.